The molecule has 0 aliphatic carbocycles. The number of nitrogens with one attached hydrogen (secondary N) is 1. The molecule has 0 saturated carbocycles. The van der Waals surface area contributed by atoms with E-state index in [1.807, 2.05) is 24.3 Å². The van der Waals surface area contributed by atoms with E-state index in [0.29, 0.717) is 35.5 Å². The first-order chi connectivity index (χ1) is 14.4. The van der Waals surface area contributed by atoms with E-state index < -0.39 is 0 Å². The predicted molar refractivity (Wildman–Crippen MR) is 124 cm³/mol. The maximum absolute atomic E-state index is 12.5. The number of pyridine rings is 1. The monoisotopic (exact) mass is 446 g/mol. The van der Waals surface area contributed by atoms with Crippen LogP contribution in [0.2, 0.25) is 5.02 Å². The zero-order chi connectivity index (χ0) is 21.5. The lowest BCUT2D eigenvalue weighted by Crippen LogP contribution is -2.21. The van der Waals surface area contributed by atoms with E-state index in [-0.39, 0.29) is 5.91 Å². The van der Waals surface area contributed by atoms with E-state index in [4.69, 9.17) is 22.1 Å². The number of rotatable bonds is 10. The zero-order valence-electron chi connectivity index (χ0n) is 17.3. The van der Waals surface area contributed by atoms with Crippen LogP contribution in [0.5, 0.6) is 0 Å². The molecule has 0 aliphatic heterocycles. The van der Waals surface area contributed by atoms with Crippen LogP contribution in [0.4, 0.5) is 5.82 Å². The second kappa shape index (κ2) is 10.7. The van der Waals surface area contributed by atoms with Crippen LogP contribution >= 0.6 is 22.9 Å². The number of carbonyl (C=O) groups is 1. The van der Waals surface area contributed by atoms with Crippen molar-refractivity contribution in [2.24, 2.45) is 0 Å². The van der Waals surface area contributed by atoms with Crippen molar-refractivity contribution in [3.05, 3.63) is 56.9 Å². The van der Waals surface area contributed by atoms with E-state index >= 15 is 0 Å². The molecule has 3 aromatic rings. The van der Waals surface area contributed by atoms with Gasteiger partial charge in [-0.05, 0) is 62.6 Å². The molecule has 1 amide bonds. The Labute approximate surface area is 186 Å². The molecule has 8 heteroatoms. The molecule has 3 N–H and O–H groups in total. The summed E-state index contributed by atoms with van der Waals surface area (Å²) in [5.74, 6) is 0.359. The number of nitrogens with two attached hydrogens (primary N) is 1. The summed E-state index contributed by atoms with van der Waals surface area (Å²) in [6.45, 7) is 2.59. The first-order valence-electron chi connectivity index (χ1n) is 9.86. The summed E-state index contributed by atoms with van der Waals surface area (Å²) in [6, 6.07) is 9.49. The third-order valence-electron chi connectivity index (χ3n) is 4.67. The van der Waals surface area contributed by atoms with E-state index in [9.17, 15) is 4.79 Å². The van der Waals surface area contributed by atoms with Gasteiger partial charge in [0.2, 0.25) is 0 Å². The molecule has 0 atom stereocenters. The molecule has 0 fully saturated rings. The number of amides is 1. The van der Waals surface area contributed by atoms with Gasteiger partial charge in [-0.15, -0.1) is 11.3 Å². The molecule has 3 rings (SSSR count). The Morgan fingerprint density at radius 2 is 2.10 bits per heavy atom. The van der Waals surface area contributed by atoms with Crippen molar-refractivity contribution < 1.29 is 9.53 Å². The number of benzene rings is 1. The number of nitrogens with zero attached hydrogens (tertiary/aromatic N) is 2. The van der Waals surface area contributed by atoms with E-state index in [1.54, 1.807) is 12.3 Å². The number of ether oxygens (including phenoxy) is 1. The van der Waals surface area contributed by atoms with Crippen molar-refractivity contribution in [1.29, 1.82) is 0 Å². The number of halogens is 1. The normalized spacial score (nSPS) is 11.3. The Balaban J connectivity index is 1.50. The quantitative estimate of drug-likeness (QED) is 0.453. The van der Waals surface area contributed by atoms with Crippen LogP contribution in [0.3, 0.4) is 0 Å². The van der Waals surface area contributed by atoms with Crippen molar-refractivity contribution in [1.82, 2.24) is 15.2 Å². The van der Waals surface area contributed by atoms with Crippen LogP contribution in [0.15, 0.2) is 36.5 Å². The zero-order valence-corrected chi connectivity index (χ0v) is 18.9. The fraction of sp³-hybridized carbons (Fsp3) is 0.364. The Kier molecular flexibility index (Phi) is 8.04. The Morgan fingerprint density at radius 1 is 1.27 bits per heavy atom. The van der Waals surface area contributed by atoms with Crippen LogP contribution in [-0.2, 0) is 17.9 Å². The molecule has 0 unspecified atom stereocenters. The lowest BCUT2D eigenvalue weighted by molar-refractivity contribution is 0.0955. The third-order valence-corrected chi connectivity index (χ3v) is 6.23. The van der Waals surface area contributed by atoms with E-state index in [1.165, 1.54) is 11.3 Å². The number of aromatic nitrogens is 1. The van der Waals surface area contributed by atoms with Crippen LogP contribution < -0.4 is 11.1 Å². The van der Waals surface area contributed by atoms with E-state index in [2.05, 4.69) is 29.3 Å². The molecule has 0 aliphatic rings. The van der Waals surface area contributed by atoms with Crippen molar-refractivity contribution in [2.75, 3.05) is 33.0 Å². The van der Waals surface area contributed by atoms with Gasteiger partial charge in [0.1, 0.15) is 5.82 Å². The minimum absolute atomic E-state index is 0.145. The second-order valence-electron chi connectivity index (χ2n) is 7.38. The molecule has 0 bridgehead atoms. The Hall–Kier alpha value is -2.19. The van der Waals surface area contributed by atoms with Gasteiger partial charge >= 0.3 is 0 Å². The van der Waals surface area contributed by atoms with Crippen LogP contribution in [0.25, 0.3) is 10.8 Å². The molecule has 0 radical (unpaired) electrons. The van der Waals surface area contributed by atoms with Crippen molar-refractivity contribution in [3.8, 4) is 0 Å². The summed E-state index contributed by atoms with van der Waals surface area (Å²) < 4.78 is 5.72. The highest BCUT2D eigenvalue weighted by Gasteiger charge is 2.14. The Morgan fingerprint density at radius 3 is 2.90 bits per heavy atom. The molecule has 0 spiro atoms. The molecule has 6 nitrogen and oxygen atoms in total. The number of thiophene rings is 1. The maximum atomic E-state index is 12.5. The third kappa shape index (κ3) is 6.15. The van der Waals surface area contributed by atoms with Crippen molar-refractivity contribution in [2.45, 2.75) is 26.0 Å². The molecule has 30 heavy (non-hydrogen) atoms. The highest BCUT2D eigenvalue weighted by molar-refractivity contribution is 7.14. The van der Waals surface area contributed by atoms with E-state index in [0.717, 1.165) is 40.6 Å². The summed E-state index contributed by atoms with van der Waals surface area (Å²) in [4.78, 5) is 20.3. The SMILES string of the molecule is CN(C)CCCCOCc1sc(C(=O)NCc2ccc3c(N)nccc3c2)cc1Cl. The summed E-state index contributed by atoms with van der Waals surface area (Å²) in [5, 5.41) is 5.43. The molecule has 2 aromatic heterocycles. The smallest absolute Gasteiger partial charge is 0.261 e. The average molecular weight is 447 g/mol. The topological polar surface area (TPSA) is 80.5 Å². The second-order valence-corrected chi connectivity index (χ2v) is 8.92. The molecule has 160 valence electrons. The fourth-order valence-electron chi connectivity index (χ4n) is 3.04. The standard InChI is InChI=1S/C22H27ClN4O2S/c1-27(2)9-3-4-10-29-14-20-18(23)12-19(30-20)22(28)26-13-15-5-6-17-16(11-15)7-8-25-21(17)24/h5-8,11-12H,3-4,9-10,13-14H2,1-2H3,(H2,24,25)(H,26,28). The predicted octanol–water partition coefficient (Wildman–Crippen LogP) is 4.32. The summed E-state index contributed by atoms with van der Waals surface area (Å²) in [6.07, 6.45) is 3.78. The van der Waals surface area contributed by atoms with Crippen LogP contribution in [-0.4, -0.2) is 43.0 Å². The van der Waals surface area contributed by atoms with Gasteiger partial charge in [0.05, 0.1) is 16.5 Å². The number of fused-ring (bicyclic) bond motifs is 1. The number of carbonyl (C=O) groups excluding carboxylic acids is 1. The molecule has 2 heterocycles. The highest BCUT2D eigenvalue weighted by Crippen LogP contribution is 2.28. The first-order valence-corrected chi connectivity index (χ1v) is 11.1. The van der Waals surface area contributed by atoms with Gasteiger partial charge in [-0.1, -0.05) is 23.7 Å². The number of nitrogen functional groups attached to an aromatic ring is 1. The van der Waals surface area contributed by atoms with Crippen LogP contribution in [0, 0.1) is 0 Å². The van der Waals surface area contributed by atoms with Gasteiger partial charge in [0.25, 0.3) is 5.91 Å². The minimum Gasteiger partial charge on any atom is -0.383 e. The molecule has 0 saturated heterocycles. The highest BCUT2D eigenvalue weighted by atomic mass is 35.5. The average Bonchev–Trinajstić information content (AvgIpc) is 3.09. The first kappa shape index (κ1) is 22.5. The van der Waals surface area contributed by atoms with Gasteiger partial charge in [-0.2, -0.15) is 0 Å². The lowest BCUT2D eigenvalue weighted by atomic mass is 10.1. The molecular formula is C22H27ClN4O2S. The summed E-state index contributed by atoms with van der Waals surface area (Å²) in [5.41, 5.74) is 6.88. The number of anilines is 1. The van der Waals surface area contributed by atoms with Crippen molar-refractivity contribution >= 4 is 45.4 Å². The minimum atomic E-state index is -0.145. The molecular weight excluding hydrogens is 420 g/mol. The number of hydrogen-bond donors (Lipinski definition) is 2. The number of unbranched alkanes of at least 4 members (excludes halogenated alkanes) is 1. The van der Waals surface area contributed by atoms with Crippen LogP contribution in [0.1, 0.15) is 33.0 Å². The summed E-state index contributed by atoms with van der Waals surface area (Å²) in [7, 11) is 4.12. The molecule has 1 aromatic carbocycles. The largest absolute Gasteiger partial charge is 0.383 e. The maximum Gasteiger partial charge on any atom is 0.261 e. The Bertz CT molecular complexity index is 1010. The van der Waals surface area contributed by atoms with Gasteiger partial charge in [-0.3, -0.25) is 4.79 Å². The van der Waals surface area contributed by atoms with Crippen molar-refractivity contribution in [3.63, 3.8) is 0 Å². The lowest BCUT2D eigenvalue weighted by Gasteiger charge is -2.08. The number of hydrogen-bond acceptors (Lipinski definition) is 6. The summed E-state index contributed by atoms with van der Waals surface area (Å²) >= 11 is 7.67. The van der Waals surface area contributed by atoms with Gasteiger partial charge < -0.3 is 20.7 Å². The fourth-order valence-corrected chi connectivity index (χ4v) is 4.29. The van der Waals surface area contributed by atoms with Gasteiger partial charge in [0, 0.05) is 29.6 Å². The van der Waals surface area contributed by atoms with Gasteiger partial charge in [-0.25, -0.2) is 4.98 Å². The van der Waals surface area contributed by atoms with Gasteiger partial charge in [0.15, 0.2) is 0 Å².